The number of piperidine rings is 1. The van der Waals surface area contributed by atoms with Crippen molar-refractivity contribution in [1.82, 2.24) is 10.2 Å². The monoisotopic (exact) mass is 226 g/mol. The van der Waals surface area contributed by atoms with Gasteiger partial charge in [0.2, 0.25) is 0 Å². The number of likely N-dealkylation sites (tertiary alicyclic amines) is 1. The van der Waals surface area contributed by atoms with Crippen molar-refractivity contribution in [3.05, 3.63) is 0 Å². The number of unbranched alkanes of at least 4 members (excludes halogenated alkanes) is 2. The number of hydrogen-bond donors (Lipinski definition) is 1. The molecule has 94 valence electrons. The molecule has 0 atom stereocenters. The average Bonchev–Trinajstić information content (AvgIpc) is 2.26. The Morgan fingerprint density at radius 2 is 1.88 bits per heavy atom. The summed E-state index contributed by atoms with van der Waals surface area (Å²) in [5, 5.41) is 3.69. The lowest BCUT2D eigenvalue weighted by molar-refractivity contribution is -0.0135. The van der Waals surface area contributed by atoms with Crippen LogP contribution in [0.25, 0.3) is 0 Å². The van der Waals surface area contributed by atoms with Crippen LogP contribution in [0.1, 0.15) is 39.0 Å². The van der Waals surface area contributed by atoms with Crippen molar-refractivity contribution in [2.45, 2.75) is 51.1 Å². The molecule has 0 radical (unpaired) electrons. The van der Waals surface area contributed by atoms with Crippen LogP contribution in [0.15, 0.2) is 0 Å². The molecule has 0 spiro atoms. The van der Waals surface area contributed by atoms with Gasteiger partial charge in [-0.2, -0.15) is 0 Å². The van der Waals surface area contributed by atoms with E-state index in [1.807, 2.05) is 0 Å². The number of ether oxygens (including phenoxy) is 1. The van der Waals surface area contributed by atoms with Crippen LogP contribution in [0.3, 0.4) is 0 Å². The molecule has 0 aromatic heterocycles. The second-order valence-electron chi connectivity index (χ2n) is 5.22. The first-order valence-corrected chi connectivity index (χ1v) is 6.94. The molecule has 2 aliphatic rings. The molecule has 0 amide bonds. The second kappa shape index (κ2) is 6.58. The molecule has 0 aromatic rings. The van der Waals surface area contributed by atoms with Crippen LogP contribution in [0, 0.1) is 0 Å². The third-order valence-corrected chi connectivity index (χ3v) is 3.77. The Bertz CT molecular complexity index is 186. The SMILES string of the molecule is CCCCCN1CCC(NC2COC2)CC1. The Balaban J connectivity index is 1.55. The maximum Gasteiger partial charge on any atom is 0.0643 e. The van der Waals surface area contributed by atoms with Crippen molar-refractivity contribution in [1.29, 1.82) is 0 Å². The van der Waals surface area contributed by atoms with E-state index in [1.165, 1.54) is 51.7 Å². The van der Waals surface area contributed by atoms with Crippen LogP contribution in [0.5, 0.6) is 0 Å². The predicted octanol–water partition coefficient (Wildman–Crippen LogP) is 1.63. The Kier molecular flexibility index (Phi) is 5.07. The Hall–Kier alpha value is -0.120. The van der Waals surface area contributed by atoms with Crippen LogP contribution < -0.4 is 5.32 Å². The smallest absolute Gasteiger partial charge is 0.0643 e. The highest BCUT2D eigenvalue weighted by atomic mass is 16.5. The Morgan fingerprint density at radius 1 is 1.12 bits per heavy atom. The third-order valence-electron chi connectivity index (χ3n) is 3.77. The summed E-state index contributed by atoms with van der Waals surface area (Å²) < 4.78 is 5.19. The molecule has 0 saturated carbocycles. The molecule has 0 aliphatic carbocycles. The number of nitrogens with one attached hydrogen (secondary N) is 1. The largest absolute Gasteiger partial charge is 0.378 e. The van der Waals surface area contributed by atoms with Gasteiger partial charge in [0.15, 0.2) is 0 Å². The maximum atomic E-state index is 5.19. The first-order chi connectivity index (χ1) is 7.88. The molecule has 0 aromatic carbocycles. The van der Waals surface area contributed by atoms with Gasteiger partial charge in [0.05, 0.1) is 19.3 Å². The van der Waals surface area contributed by atoms with E-state index >= 15 is 0 Å². The number of nitrogens with zero attached hydrogens (tertiary/aromatic N) is 1. The van der Waals surface area contributed by atoms with Gasteiger partial charge in [-0.3, -0.25) is 0 Å². The second-order valence-corrected chi connectivity index (χ2v) is 5.22. The molecule has 2 saturated heterocycles. The lowest BCUT2D eigenvalue weighted by Gasteiger charge is -2.37. The zero-order chi connectivity index (χ0) is 11.2. The third kappa shape index (κ3) is 3.72. The first-order valence-electron chi connectivity index (χ1n) is 6.94. The minimum absolute atomic E-state index is 0.650. The zero-order valence-corrected chi connectivity index (χ0v) is 10.6. The van der Waals surface area contributed by atoms with E-state index in [9.17, 15) is 0 Å². The van der Waals surface area contributed by atoms with Gasteiger partial charge in [-0.05, 0) is 38.9 Å². The van der Waals surface area contributed by atoms with Crippen molar-refractivity contribution < 1.29 is 4.74 Å². The van der Waals surface area contributed by atoms with Crippen LogP contribution in [0.2, 0.25) is 0 Å². The number of hydrogen-bond acceptors (Lipinski definition) is 3. The Morgan fingerprint density at radius 3 is 2.44 bits per heavy atom. The van der Waals surface area contributed by atoms with Crippen molar-refractivity contribution in [2.75, 3.05) is 32.8 Å². The molecular weight excluding hydrogens is 200 g/mol. The molecule has 0 unspecified atom stereocenters. The normalized spacial score (nSPS) is 24.6. The zero-order valence-electron chi connectivity index (χ0n) is 10.6. The highest BCUT2D eigenvalue weighted by molar-refractivity contribution is 4.83. The average molecular weight is 226 g/mol. The van der Waals surface area contributed by atoms with Crippen LogP contribution >= 0.6 is 0 Å². The van der Waals surface area contributed by atoms with E-state index in [2.05, 4.69) is 17.1 Å². The van der Waals surface area contributed by atoms with Gasteiger partial charge in [0, 0.05) is 6.04 Å². The van der Waals surface area contributed by atoms with Gasteiger partial charge in [-0.1, -0.05) is 19.8 Å². The van der Waals surface area contributed by atoms with E-state index < -0.39 is 0 Å². The minimum Gasteiger partial charge on any atom is -0.378 e. The van der Waals surface area contributed by atoms with Gasteiger partial charge >= 0.3 is 0 Å². The molecule has 2 heterocycles. The van der Waals surface area contributed by atoms with E-state index in [0.29, 0.717) is 6.04 Å². The van der Waals surface area contributed by atoms with Gasteiger partial charge in [-0.15, -0.1) is 0 Å². The molecule has 1 N–H and O–H groups in total. The maximum absolute atomic E-state index is 5.19. The van der Waals surface area contributed by atoms with Crippen molar-refractivity contribution in [3.63, 3.8) is 0 Å². The summed E-state index contributed by atoms with van der Waals surface area (Å²) in [7, 11) is 0. The van der Waals surface area contributed by atoms with Crippen LogP contribution in [-0.4, -0.2) is 49.8 Å². The lowest BCUT2D eigenvalue weighted by Crippen LogP contribution is -2.53. The highest BCUT2D eigenvalue weighted by Crippen LogP contribution is 2.13. The van der Waals surface area contributed by atoms with E-state index in [1.54, 1.807) is 0 Å². The molecule has 3 heteroatoms. The van der Waals surface area contributed by atoms with E-state index in [0.717, 1.165) is 19.3 Å². The molecule has 0 bridgehead atoms. The van der Waals surface area contributed by atoms with Gasteiger partial charge in [-0.25, -0.2) is 0 Å². The van der Waals surface area contributed by atoms with E-state index in [-0.39, 0.29) is 0 Å². The number of rotatable bonds is 6. The van der Waals surface area contributed by atoms with Gasteiger partial charge in [0.25, 0.3) is 0 Å². The molecule has 3 nitrogen and oxygen atoms in total. The first kappa shape index (κ1) is 12.3. The summed E-state index contributed by atoms with van der Waals surface area (Å²) in [4.78, 5) is 2.63. The predicted molar refractivity (Wildman–Crippen MR) is 66.7 cm³/mol. The van der Waals surface area contributed by atoms with Crippen molar-refractivity contribution in [3.8, 4) is 0 Å². The summed E-state index contributed by atoms with van der Waals surface area (Å²) in [6.45, 7) is 8.02. The molecule has 2 fully saturated rings. The summed E-state index contributed by atoms with van der Waals surface area (Å²) >= 11 is 0. The summed E-state index contributed by atoms with van der Waals surface area (Å²) in [5.41, 5.74) is 0. The van der Waals surface area contributed by atoms with Crippen molar-refractivity contribution >= 4 is 0 Å². The van der Waals surface area contributed by atoms with Crippen LogP contribution in [0.4, 0.5) is 0 Å². The van der Waals surface area contributed by atoms with Crippen LogP contribution in [-0.2, 0) is 4.74 Å². The lowest BCUT2D eigenvalue weighted by atomic mass is 10.0. The quantitative estimate of drug-likeness (QED) is 0.697. The summed E-state index contributed by atoms with van der Waals surface area (Å²) in [6.07, 6.45) is 6.74. The summed E-state index contributed by atoms with van der Waals surface area (Å²) in [5.74, 6) is 0. The Labute approximate surface area is 99.5 Å². The standard InChI is InChI=1S/C13H26N2O/c1-2-3-4-7-15-8-5-12(6-9-15)14-13-10-16-11-13/h12-14H,2-11H2,1H3. The van der Waals surface area contributed by atoms with Crippen molar-refractivity contribution in [2.24, 2.45) is 0 Å². The fourth-order valence-corrected chi connectivity index (χ4v) is 2.57. The van der Waals surface area contributed by atoms with Gasteiger partial charge in [0.1, 0.15) is 0 Å². The molecular formula is C13H26N2O. The molecule has 2 aliphatic heterocycles. The fraction of sp³-hybridized carbons (Fsp3) is 1.00. The fourth-order valence-electron chi connectivity index (χ4n) is 2.57. The molecule has 2 rings (SSSR count). The molecule has 16 heavy (non-hydrogen) atoms. The highest BCUT2D eigenvalue weighted by Gasteiger charge is 2.24. The van der Waals surface area contributed by atoms with Gasteiger partial charge < -0.3 is 15.0 Å². The topological polar surface area (TPSA) is 24.5 Å². The summed E-state index contributed by atoms with van der Waals surface area (Å²) in [6, 6.07) is 1.40. The van der Waals surface area contributed by atoms with E-state index in [4.69, 9.17) is 4.74 Å². The minimum atomic E-state index is 0.650.